The minimum absolute atomic E-state index is 0.138. The Kier molecular flexibility index (Phi) is 5.91. The van der Waals surface area contributed by atoms with Gasteiger partial charge in [0.2, 0.25) is 0 Å². The number of benzene rings is 3. The predicted octanol–water partition coefficient (Wildman–Crippen LogP) is 4.63. The molecule has 3 aromatic carbocycles. The molecule has 1 aliphatic rings. The highest BCUT2D eigenvalue weighted by molar-refractivity contribution is 7.92. The number of ether oxygens (including phenoxy) is 2. The van der Waals surface area contributed by atoms with Crippen LogP contribution in [0.15, 0.2) is 83.1 Å². The number of fused-ring (bicyclic) bond motifs is 1. The van der Waals surface area contributed by atoms with E-state index in [-0.39, 0.29) is 10.6 Å². The lowest BCUT2D eigenvalue weighted by Gasteiger charge is -2.18. The van der Waals surface area contributed by atoms with Crippen molar-refractivity contribution in [2.45, 2.75) is 4.90 Å². The molecule has 34 heavy (non-hydrogen) atoms. The SMILES string of the molecule is O=C(Nc1nc(-c2ccc3c(c2)OCCO3)cs1)c1cccc(NS(=O)(=O)c2ccccc2)c1. The maximum absolute atomic E-state index is 12.8. The summed E-state index contributed by atoms with van der Waals surface area (Å²) in [5.74, 6) is 0.961. The average molecular weight is 494 g/mol. The van der Waals surface area contributed by atoms with E-state index in [2.05, 4.69) is 15.0 Å². The number of aromatic nitrogens is 1. The first kappa shape index (κ1) is 21.9. The number of carbonyl (C=O) groups excluding carboxylic acids is 1. The van der Waals surface area contributed by atoms with Crippen LogP contribution in [-0.4, -0.2) is 32.5 Å². The van der Waals surface area contributed by atoms with Crippen LogP contribution in [0.1, 0.15) is 10.4 Å². The van der Waals surface area contributed by atoms with Crippen LogP contribution in [0.25, 0.3) is 11.3 Å². The fourth-order valence-corrected chi connectivity index (χ4v) is 5.16. The number of nitrogens with one attached hydrogen (secondary N) is 2. The summed E-state index contributed by atoms with van der Waals surface area (Å²) in [5, 5.41) is 5.03. The molecule has 8 nitrogen and oxygen atoms in total. The van der Waals surface area contributed by atoms with Crippen molar-refractivity contribution in [3.63, 3.8) is 0 Å². The molecule has 0 fully saturated rings. The van der Waals surface area contributed by atoms with E-state index in [0.29, 0.717) is 41.1 Å². The summed E-state index contributed by atoms with van der Waals surface area (Å²) in [7, 11) is -3.76. The lowest BCUT2D eigenvalue weighted by molar-refractivity contribution is 0.102. The van der Waals surface area contributed by atoms with Crippen LogP contribution < -0.4 is 19.5 Å². The van der Waals surface area contributed by atoms with Crippen LogP contribution in [0.4, 0.5) is 10.8 Å². The smallest absolute Gasteiger partial charge is 0.261 e. The van der Waals surface area contributed by atoms with Crippen LogP contribution in [-0.2, 0) is 10.0 Å². The average Bonchev–Trinajstić information content (AvgIpc) is 3.32. The van der Waals surface area contributed by atoms with Gasteiger partial charge in [0.25, 0.3) is 15.9 Å². The number of carbonyl (C=O) groups is 1. The molecule has 0 saturated carbocycles. The van der Waals surface area contributed by atoms with E-state index >= 15 is 0 Å². The van der Waals surface area contributed by atoms with E-state index in [9.17, 15) is 13.2 Å². The lowest BCUT2D eigenvalue weighted by Crippen LogP contribution is -2.15. The van der Waals surface area contributed by atoms with E-state index in [0.717, 1.165) is 5.56 Å². The predicted molar refractivity (Wildman–Crippen MR) is 130 cm³/mol. The fourth-order valence-electron chi connectivity index (χ4n) is 3.37. The molecule has 0 spiro atoms. The first-order chi connectivity index (χ1) is 16.5. The van der Waals surface area contributed by atoms with E-state index in [1.165, 1.54) is 29.5 Å². The highest BCUT2D eigenvalue weighted by Crippen LogP contribution is 2.35. The third-order valence-corrected chi connectivity index (χ3v) is 7.15. The Balaban J connectivity index is 1.30. The van der Waals surface area contributed by atoms with Gasteiger partial charge in [0.15, 0.2) is 16.6 Å². The number of rotatable bonds is 6. The van der Waals surface area contributed by atoms with Gasteiger partial charge < -0.3 is 9.47 Å². The van der Waals surface area contributed by atoms with E-state index in [4.69, 9.17) is 9.47 Å². The van der Waals surface area contributed by atoms with Crippen molar-refractivity contribution in [3.05, 3.63) is 83.7 Å². The van der Waals surface area contributed by atoms with Gasteiger partial charge in [-0.05, 0) is 48.5 Å². The maximum Gasteiger partial charge on any atom is 0.261 e. The summed E-state index contributed by atoms with van der Waals surface area (Å²) in [6, 6.07) is 19.9. The summed E-state index contributed by atoms with van der Waals surface area (Å²) >= 11 is 1.29. The number of anilines is 2. The Morgan fingerprint density at radius 3 is 2.53 bits per heavy atom. The third kappa shape index (κ3) is 4.73. The Bertz CT molecular complexity index is 1450. The van der Waals surface area contributed by atoms with Crippen molar-refractivity contribution in [1.82, 2.24) is 4.98 Å². The second-order valence-corrected chi connectivity index (χ2v) is 9.89. The van der Waals surface area contributed by atoms with E-state index in [1.54, 1.807) is 36.4 Å². The molecule has 2 N–H and O–H groups in total. The quantitative estimate of drug-likeness (QED) is 0.406. The Hall–Kier alpha value is -3.89. The Morgan fingerprint density at radius 2 is 1.71 bits per heavy atom. The highest BCUT2D eigenvalue weighted by Gasteiger charge is 2.17. The maximum atomic E-state index is 12.8. The standard InChI is InChI=1S/C24H19N3O5S2/c28-23(17-5-4-6-18(13-17)27-34(29,30)19-7-2-1-3-8-19)26-24-25-20(15-33-24)16-9-10-21-22(14-16)32-12-11-31-21/h1-10,13-15,27H,11-12H2,(H,25,26,28). The molecule has 0 unspecified atom stereocenters. The minimum Gasteiger partial charge on any atom is -0.486 e. The molecule has 0 saturated heterocycles. The van der Waals surface area contributed by atoms with Crippen molar-refractivity contribution in [2.24, 2.45) is 0 Å². The number of nitrogens with zero attached hydrogens (tertiary/aromatic N) is 1. The molecule has 2 heterocycles. The monoisotopic (exact) mass is 493 g/mol. The molecule has 0 atom stereocenters. The summed E-state index contributed by atoms with van der Waals surface area (Å²) < 4.78 is 38.8. The van der Waals surface area contributed by atoms with Gasteiger partial charge in [0.1, 0.15) is 13.2 Å². The van der Waals surface area contributed by atoms with Crippen molar-refractivity contribution in [2.75, 3.05) is 23.3 Å². The normalized spacial score (nSPS) is 12.7. The van der Waals surface area contributed by atoms with Gasteiger partial charge in [0.05, 0.1) is 10.6 Å². The summed E-state index contributed by atoms with van der Waals surface area (Å²) in [5.41, 5.74) is 2.12. The van der Waals surface area contributed by atoms with Crippen LogP contribution in [0.2, 0.25) is 0 Å². The number of thiazole rings is 1. The first-order valence-corrected chi connectivity index (χ1v) is 12.7. The molecule has 10 heteroatoms. The lowest BCUT2D eigenvalue weighted by atomic mass is 10.1. The first-order valence-electron chi connectivity index (χ1n) is 10.3. The Morgan fingerprint density at radius 1 is 0.912 bits per heavy atom. The van der Waals surface area contributed by atoms with Gasteiger partial charge in [-0.3, -0.25) is 14.8 Å². The van der Waals surface area contributed by atoms with Crippen molar-refractivity contribution in [1.29, 1.82) is 0 Å². The van der Waals surface area contributed by atoms with Crippen LogP contribution >= 0.6 is 11.3 Å². The second-order valence-electron chi connectivity index (χ2n) is 7.35. The van der Waals surface area contributed by atoms with Gasteiger partial charge >= 0.3 is 0 Å². The van der Waals surface area contributed by atoms with Gasteiger partial charge in [-0.25, -0.2) is 13.4 Å². The zero-order chi connectivity index (χ0) is 23.5. The zero-order valence-corrected chi connectivity index (χ0v) is 19.4. The van der Waals surface area contributed by atoms with Gasteiger partial charge in [-0.1, -0.05) is 24.3 Å². The Labute approximate surface area is 200 Å². The topological polar surface area (TPSA) is 107 Å². The molecular formula is C24H19N3O5S2. The summed E-state index contributed by atoms with van der Waals surface area (Å²) in [6.07, 6.45) is 0. The molecule has 4 aromatic rings. The van der Waals surface area contributed by atoms with Crippen LogP contribution in [0, 0.1) is 0 Å². The summed E-state index contributed by atoms with van der Waals surface area (Å²) in [6.45, 7) is 1.02. The van der Waals surface area contributed by atoms with Gasteiger partial charge in [-0.15, -0.1) is 11.3 Å². The van der Waals surface area contributed by atoms with Crippen LogP contribution in [0.3, 0.4) is 0 Å². The molecule has 0 bridgehead atoms. The molecule has 0 aliphatic carbocycles. The van der Waals surface area contributed by atoms with Crippen molar-refractivity contribution in [3.8, 4) is 22.8 Å². The number of hydrogen-bond donors (Lipinski definition) is 2. The van der Waals surface area contributed by atoms with Crippen molar-refractivity contribution >= 4 is 38.1 Å². The minimum atomic E-state index is -3.76. The van der Waals surface area contributed by atoms with E-state index < -0.39 is 15.9 Å². The molecule has 0 radical (unpaired) electrons. The molecule has 172 valence electrons. The molecule has 1 aromatic heterocycles. The van der Waals surface area contributed by atoms with Crippen molar-refractivity contribution < 1.29 is 22.7 Å². The zero-order valence-electron chi connectivity index (χ0n) is 17.7. The number of amides is 1. The second kappa shape index (κ2) is 9.16. The number of sulfonamides is 1. The van der Waals surface area contributed by atoms with Crippen LogP contribution in [0.5, 0.6) is 11.5 Å². The third-order valence-electron chi connectivity index (χ3n) is 4.99. The molecule has 1 aliphatic heterocycles. The largest absolute Gasteiger partial charge is 0.486 e. The molecular weight excluding hydrogens is 474 g/mol. The van der Waals surface area contributed by atoms with Gasteiger partial charge in [0, 0.05) is 22.2 Å². The molecule has 5 rings (SSSR count). The van der Waals surface area contributed by atoms with Gasteiger partial charge in [-0.2, -0.15) is 0 Å². The number of hydrogen-bond acceptors (Lipinski definition) is 7. The highest BCUT2D eigenvalue weighted by atomic mass is 32.2. The summed E-state index contributed by atoms with van der Waals surface area (Å²) in [4.78, 5) is 17.4. The fraction of sp³-hybridized carbons (Fsp3) is 0.0833. The van der Waals surface area contributed by atoms with E-state index in [1.807, 2.05) is 23.6 Å². The molecule has 1 amide bonds.